The van der Waals surface area contributed by atoms with Gasteiger partial charge in [0, 0.05) is 37.8 Å². The molecule has 0 amide bonds. The van der Waals surface area contributed by atoms with Gasteiger partial charge >= 0.3 is 6.18 Å². The molecule has 106 valence electrons. The van der Waals surface area contributed by atoms with E-state index in [-0.39, 0.29) is 6.04 Å². The first-order valence-electron chi connectivity index (χ1n) is 6.21. The van der Waals surface area contributed by atoms with Gasteiger partial charge in [-0.3, -0.25) is 4.90 Å². The molecule has 2 nitrogen and oxygen atoms in total. The molecule has 1 aliphatic heterocycles. The Morgan fingerprint density at radius 2 is 1.84 bits per heavy atom. The van der Waals surface area contributed by atoms with Gasteiger partial charge in [-0.2, -0.15) is 13.2 Å². The molecule has 1 saturated heterocycles. The van der Waals surface area contributed by atoms with Gasteiger partial charge in [0.05, 0.1) is 5.56 Å². The number of benzene rings is 1. The highest BCUT2D eigenvalue weighted by atomic mass is 19.4. The van der Waals surface area contributed by atoms with Gasteiger partial charge in [0.1, 0.15) is 5.82 Å². The third kappa shape index (κ3) is 3.25. The zero-order chi connectivity index (χ0) is 14.0. The van der Waals surface area contributed by atoms with E-state index in [9.17, 15) is 17.6 Å². The molecule has 2 rings (SSSR count). The molecule has 0 saturated carbocycles. The first-order valence-corrected chi connectivity index (χ1v) is 6.21. The molecule has 0 aromatic heterocycles. The Morgan fingerprint density at radius 1 is 1.21 bits per heavy atom. The summed E-state index contributed by atoms with van der Waals surface area (Å²) in [6, 6.07) is 2.54. The molecule has 1 aliphatic rings. The summed E-state index contributed by atoms with van der Waals surface area (Å²) < 4.78 is 51.3. The van der Waals surface area contributed by atoms with Crippen LogP contribution in [0, 0.1) is 5.82 Å². The number of piperazine rings is 1. The number of nitrogens with one attached hydrogen (secondary N) is 1. The lowest BCUT2D eigenvalue weighted by Crippen LogP contribution is -2.44. The van der Waals surface area contributed by atoms with Crippen molar-refractivity contribution < 1.29 is 17.6 Å². The number of halogens is 4. The molecular weight excluding hydrogens is 260 g/mol. The Balaban J connectivity index is 2.20. The molecule has 1 atom stereocenters. The quantitative estimate of drug-likeness (QED) is 0.836. The van der Waals surface area contributed by atoms with Crippen molar-refractivity contribution in [1.82, 2.24) is 10.2 Å². The Bertz CT molecular complexity index is 439. The number of rotatable bonds is 2. The Kier molecular flexibility index (Phi) is 4.10. The summed E-state index contributed by atoms with van der Waals surface area (Å²) >= 11 is 0. The van der Waals surface area contributed by atoms with Gasteiger partial charge in [-0.05, 0) is 19.1 Å². The highest BCUT2D eigenvalue weighted by Crippen LogP contribution is 2.32. The predicted octanol–water partition coefficient (Wildman–Crippen LogP) is 2.81. The summed E-state index contributed by atoms with van der Waals surface area (Å²) in [5.41, 5.74) is -0.629. The molecule has 0 bridgehead atoms. The van der Waals surface area contributed by atoms with E-state index in [4.69, 9.17) is 0 Å². The van der Waals surface area contributed by atoms with Crippen LogP contribution in [0.25, 0.3) is 0 Å². The lowest BCUT2D eigenvalue weighted by molar-refractivity contribution is -0.137. The van der Waals surface area contributed by atoms with Crippen LogP contribution in [0.1, 0.15) is 24.1 Å². The fraction of sp³-hybridized carbons (Fsp3) is 0.538. The van der Waals surface area contributed by atoms with Gasteiger partial charge in [-0.1, -0.05) is 6.07 Å². The highest BCUT2D eigenvalue weighted by Gasteiger charge is 2.32. The maximum Gasteiger partial charge on any atom is 0.416 e. The van der Waals surface area contributed by atoms with E-state index in [1.54, 1.807) is 0 Å². The van der Waals surface area contributed by atoms with Gasteiger partial charge in [0.25, 0.3) is 0 Å². The maximum atomic E-state index is 13.8. The largest absolute Gasteiger partial charge is 0.416 e. The average Bonchev–Trinajstić information content (AvgIpc) is 2.38. The van der Waals surface area contributed by atoms with E-state index in [0.717, 1.165) is 32.2 Å². The lowest BCUT2D eigenvalue weighted by Gasteiger charge is -2.33. The zero-order valence-electron chi connectivity index (χ0n) is 10.6. The van der Waals surface area contributed by atoms with Gasteiger partial charge < -0.3 is 5.32 Å². The van der Waals surface area contributed by atoms with Crippen LogP contribution in [0.2, 0.25) is 0 Å². The summed E-state index contributed by atoms with van der Waals surface area (Å²) in [5, 5.41) is 3.18. The molecule has 1 N–H and O–H groups in total. The highest BCUT2D eigenvalue weighted by molar-refractivity contribution is 5.28. The van der Waals surface area contributed by atoms with E-state index in [0.29, 0.717) is 11.6 Å². The van der Waals surface area contributed by atoms with Crippen LogP contribution in [0.5, 0.6) is 0 Å². The summed E-state index contributed by atoms with van der Waals surface area (Å²) in [7, 11) is 0. The van der Waals surface area contributed by atoms with E-state index < -0.39 is 17.6 Å². The first-order chi connectivity index (χ1) is 8.89. The second kappa shape index (κ2) is 5.46. The maximum absolute atomic E-state index is 13.8. The fourth-order valence-corrected chi connectivity index (χ4v) is 2.31. The minimum atomic E-state index is -4.50. The third-order valence-corrected chi connectivity index (χ3v) is 3.48. The third-order valence-electron chi connectivity index (χ3n) is 3.48. The Hall–Kier alpha value is -1.14. The van der Waals surface area contributed by atoms with Crippen LogP contribution in [0.3, 0.4) is 0 Å². The minimum absolute atomic E-state index is 0.218. The minimum Gasteiger partial charge on any atom is -0.314 e. The van der Waals surface area contributed by atoms with Crippen molar-refractivity contribution in [1.29, 1.82) is 0 Å². The van der Waals surface area contributed by atoms with Crippen LogP contribution in [-0.4, -0.2) is 31.1 Å². The van der Waals surface area contributed by atoms with Crippen LogP contribution >= 0.6 is 0 Å². The van der Waals surface area contributed by atoms with E-state index in [1.165, 1.54) is 6.07 Å². The molecule has 0 unspecified atom stereocenters. The van der Waals surface area contributed by atoms with Crippen molar-refractivity contribution >= 4 is 0 Å². The Labute approximate surface area is 109 Å². The van der Waals surface area contributed by atoms with Crippen molar-refractivity contribution in [2.75, 3.05) is 26.2 Å². The van der Waals surface area contributed by atoms with Crippen molar-refractivity contribution in [3.05, 3.63) is 35.1 Å². The summed E-state index contributed by atoms with van der Waals surface area (Å²) in [5.74, 6) is -0.791. The average molecular weight is 276 g/mol. The summed E-state index contributed by atoms with van der Waals surface area (Å²) in [4.78, 5) is 2.06. The molecule has 0 radical (unpaired) electrons. The number of alkyl halides is 3. The van der Waals surface area contributed by atoms with Crippen LogP contribution < -0.4 is 5.32 Å². The fourth-order valence-electron chi connectivity index (χ4n) is 2.31. The second-order valence-electron chi connectivity index (χ2n) is 4.70. The molecule has 19 heavy (non-hydrogen) atoms. The van der Waals surface area contributed by atoms with Crippen LogP contribution in [0.15, 0.2) is 18.2 Å². The van der Waals surface area contributed by atoms with Gasteiger partial charge in [0.2, 0.25) is 0 Å². The molecule has 1 aromatic rings. The molecule has 1 fully saturated rings. The SMILES string of the molecule is C[C@H](c1ccc(C(F)(F)F)cc1F)N1CCNCC1. The second-order valence-corrected chi connectivity index (χ2v) is 4.70. The van der Waals surface area contributed by atoms with Crippen molar-refractivity contribution in [3.8, 4) is 0 Å². The molecule has 0 aliphatic carbocycles. The Morgan fingerprint density at radius 3 is 2.37 bits per heavy atom. The van der Waals surface area contributed by atoms with Gasteiger partial charge in [0.15, 0.2) is 0 Å². The molecule has 0 spiro atoms. The number of hydrogen-bond donors (Lipinski definition) is 1. The van der Waals surface area contributed by atoms with Gasteiger partial charge in [-0.25, -0.2) is 4.39 Å². The zero-order valence-corrected chi connectivity index (χ0v) is 10.6. The van der Waals surface area contributed by atoms with E-state index in [2.05, 4.69) is 10.2 Å². The number of hydrogen-bond acceptors (Lipinski definition) is 2. The molecular formula is C13H16F4N2. The topological polar surface area (TPSA) is 15.3 Å². The van der Waals surface area contributed by atoms with Crippen LogP contribution in [-0.2, 0) is 6.18 Å². The summed E-state index contributed by atoms with van der Waals surface area (Å²) in [6.45, 7) is 4.97. The standard InChI is InChI=1S/C13H16F4N2/c1-9(19-6-4-18-5-7-19)11-3-2-10(8-12(11)14)13(15,16)17/h2-3,8-9,18H,4-7H2,1H3/t9-/m1/s1. The first kappa shape index (κ1) is 14.3. The normalized spacial score (nSPS) is 19.4. The molecule has 6 heteroatoms. The number of nitrogens with zero attached hydrogens (tertiary/aromatic N) is 1. The predicted molar refractivity (Wildman–Crippen MR) is 64.3 cm³/mol. The monoisotopic (exact) mass is 276 g/mol. The van der Waals surface area contributed by atoms with Crippen molar-refractivity contribution in [2.24, 2.45) is 0 Å². The van der Waals surface area contributed by atoms with E-state index in [1.807, 2.05) is 6.92 Å². The van der Waals surface area contributed by atoms with Gasteiger partial charge in [-0.15, -0.1) is 0 Å². The molecule has 1 aromatic carbocycles. The van der Waals surface area contributed by atoms with E-state index >= 15 is 0 Å². The summed E-state index contributed by atoms with van der Waals surface area (Å²) in [6.07, 6.45) is -4.50. The van der Waals surface area contributed by atoms with Crippen molar-refractivity contribution in [3.63, 3.8) is 0 Å². The van der Waals surface area contributed by atoms with Crippen LogP contribution in [0.4, 0.5) is 17.6 Å². The smallest absolute Gasteiger partial charge is 0.314 e. The lowest BCUT2D eigenvalue weighted by atomic mass is 10.0. The van der Waals surface area contributed by atoms with Crippen molar-refractivity contribution in [2.45, 2.75) is 19.1 Å². The molecule has 1 heterocycles.